The Balaban J connectivity index is 1.91. The van der Waals surface area contributed by atoms with Crippen LogP contribution in [-0.2, 0) is 16.0 Å². The molecule has 1 aromatic heterocycles. The number of hydrogen-bond donors (Lipinski definition) is 3. The molecule has 0 radical (unpaired) electrons. The van der Waals surface area contributed by atoms with Gasteiger partial charge in [-0.15, -0.1) is 11.3 Å². The van der Waals surface area contributed by atoms with Crippen molar-refractivity contribution in [2.24, 2.45) is 5.92 Å². The van der Waals surface area contributed by atoms with Crippen LogP contribution >= 0.6 is 11.3 Å². The maximum atomic E-state index is 11.9. The van der Waals surface area contributed by atoms with Crippen LogP contribution in [0, 0.1) is 5.92 Å². The molecule has 0 spiro atoms. The van der Waals surface area contributed by atoms with Crippen molar-refractivity contribution in [1.82, 2.24) is 10.3 Å². The fourth-order valence-corrected chi connectivity index (χ4v) is 2.49. The number of amides is 2. The Bertz CT molecular complexity index is 643. The first kappa shape index (κ1) is 16.8. The van der Waals surface area contributed by atoms with Gasteiger partial charge in [0.1, 0.15) is 5.75 Å². The summed E-state index contributed by atoms with van der Waals surface area (Å²) in [6.07, 6.45) is 1.98. The van der Waals surface area contributed by atoms with E-state index in [-0.39, 0.29) is 12.3 Å². The molecule has 3 N–H and O–H groups in total. The lowest BCUT2D eigenvalue weighted by Gasteiger charge is -2.15. The van der Waals surface area contributed by atoms with E-state index in [2.05, 4.69) is 15.6 Å². The molecule has 2 rings (SSSR count). The summed E-state index contributed by atoms with van der Waals surface area (Å²) in [5.41, 5.74) is 0.861. The smallest absolute Gasteiger partial charge is 0.321 e. The monoisotopic (exact) mass is 335 g/mol. The Hall–Kier alpha value is -2.61. The Kier molecular flexibility index (Phi) is 5.93. The molecule has 2 amide bonds. The number of hydrogen-bond acceptors (Lipinski definition) is 6. The number of carbonyl (C=O) groups is 2. The van der Waals surface area contributed by atoms with E-state index in [0.29, 0.717) is 11.6 Å². The van der Waals surface area contributed by atoms with E-state index in [0.717, 1.165) is 5.56 Å². The number of esters is 1. The summed E-state index contributed by atoms with van der Waals surface area (Å²) >= 11 is 1.30. The zero-order chi connectivity index (χ0) is 16.7. The van der Waals surface area contributed by atoms with Crippen molar-refractivity contribution in [1.29, 1.82) is 0 Å². The van der Waals surface area contributed by atoms with Crippen LogP contribution in [0.2, 0.25) is 0 Å². The number of rotatable bonds is 6. The van der Waals surface area contributed by atoms with E-state index >= 15 is 0 Å². The Labute approximate surface area is 137 Å². The van der Waals surface area contributed by atoms with Gasteiger partial charge in [-0.2, -0.15) is 0 Å². The number of methoxy groups -OCH3 is 1. The minimum absolute atomic E-state index is 0.130. The summed E-state index contributed by atoms with van der Waals surface area (Å²) in [7, 11) is 1.31. The molecule has 7 nitrogen and oxygen atoms in total. The van der Waals surface area contributed by atoms with E-state index in [1.807, 2.05) is 0 Å². The van der Waals surface area contributed by atoms with Crippen molar-refractivity contribution in [3.8, 4) is 5.75 Å². The SMILES string of the molecule is COC(=O)C(CNC(=O)Nc1nccs1)Cc1ccc(O)cc1. The van der Waals surface area contributed by atoms with Crippen LogP contribution in [0.1, 0.15) is 5.56 Å². The normalized spacial score (nSPS) is 11.5. The lowest BCUT2D eigenvalue weighted by Crippen LogP contribution is -2.37. The number of aromatic hydroxyl groups is 1. The van der Waals surface area contributed by atoms with Gasteiger partial charge in [0.05, 0.1) is 13.0 Å². The quantitative estimate of drug-likeness (QED) is 0.701. The van der Waals surface area contributed by atoms with Gasteiger partial charge >= 0.3 is 12.0 Å². The molecule has 1 atom stereocenters. The van der Waals surface area contributed by atoms with Gasteiger partial charge in [-0.3, -0.25) is 10.1 Å². The molecule has 0 aliphatic carbocycles. The minimum Gasteiger partial charge on any atom is -0.508 e. The highest BCUT2D eigenvalue weighted by Crippen LogP contribution is 2.15. The summed E-state index contributed by atoms with van der Waals surface area (Å²) in [6, 6.07) is 6.11. The third kappa shape index (κ3) is 5.26. The predicted octanol–water partition coefficient (Wildman–Crippen LogP) is 2.00. The Morgan fingerprint density at radius 1 is 1.35 bits per heavy atom. The molecule has 8 heteroatoms. The number of nitrogens with one attached hydrogen (secondary N) is 2. The highest BCUT2D eigenvalue weighted by atomic mass is 32.1. The molecule has 0 saturated carbocycles. The van der Waals surface area contributed by atoms with Crippen LogP contribution in [-0.4, -0.2) is 35.7 Å². The Morgan fingerprint density at radius 3 is 2.70 bits per heavy atom. The van der Waals surface area contributed by atoms with Gasteiger partial charge in [-0.25, -0.2) is 9.78 Å². The standard InChI is InChI=1S/C15H17N3O4S/c1-22-13(20)11(8-10-2-4-12(19)5-3-10)9-17-14(21)18-15-16-6-7-23-15/h2-7,11,19H,8-9H2,1H3,(H2,16,17,18,21). The molecule has 2 aromatic rings. The zero-order valence-corrected chi connectivity index (χ0v) is 13.3. The predicted molar refractivity (Wildman–Crippen MR) is 86.5 cm³/mol. The van der Waals surface area contributed by atoms with Gasteiger partial charge in [-0.1, -0.05) is 12.1 Å². The van der Waals surface area contributed by atoms with Crippen molar-refractivity contribution < 1.29 is 19.4 Å². The number of phenolic OH excluding ortho intramolecular Hbond substituents is 1. The van der Waals surface area contributed by atoms with Gasteiger partial charge in [0, 0.05) is 18.1 Å². The number of phenols is 1. The molecule has 0 saturated heterocycles. The molecule has 23 heavy (non-hydrogen) atoms. The summed E-state index contributed by atoms with van der Waals surface area (Å²) in [5.74, 6) is -0.775. The number of urea groups is 1. The maximum absolute atomic E-state index is 11.9. The average Bonchev–Trinajstić information content (AvgIpc) is 3.05. The second kappa shape index (κ2) is 8.14. The molecule has 0 aliphatic rings. The molecular weight excluding hydrogens is 318 g/mol. The molecule has 0 bridgehead atoms. The van der Waals surface area contributed by atoms with Crippen LogP contribution < -0.4 is 10.6 Å². The van der Waals surface area contributed by atoms with Crippen LogP contribution in [0.15, 0.2) is 35.8 Å². The number of aromatic nitrogens is 1. The van der Waals surface area contributed by atoms with E-state index in [9.17, 15) is 14.7 Å². The number of thiazole rings is 1. The minimum atomic E-state index is -0.522. The van der Waals surface area contributed by atoms with Crippen LogP contribution in [0.4, 0.5) is 9.93 Å². The average molecular weight is 335 g/mol. The van der Waals surface area contributed by atoms with Crippen molar-refractivity contribution in [3.05, 3.63) is 41.4 Å². The van der Waals surface area contributed by atoms with E-state index in [4.69, 9.17) is 4.74 Å². The van der Waals surface area contributed by atoms with Crippen LogP contribution in [0.3, 0.4) is 0 Å². The summed E-state index contributed by atoms with van der Waals surface area (Å²) in [4.78, 5) is 27.6. The van der Waals surface area contributed by atoms with Gasteiger partial charge in [0.2, 0.25) is 0 Å². The number of nitrogens with zero attached hydrogens (tertiary/aromatic N) is 1. The fourth-order valence-electron chi connectivity index (χ4n) is 1.96. The molecule has 0 fully saturated rings. The van der Waals surface area contributed by atoms with E-state index in [1.54, 1.807) is 35.8 Å². The third-order valence-electron chi connectivity index (χ3n) is 3.11. The lowest BCUT2D eigenvalue weighted by molar-refractivity contribution is -0.145. The van der Waals surface area contributed by atoms with Gasteiger partial charge < -0.3 is 15.2 Å². The first-order chi connectivity index (χ1) is 11.1. The second-order valence-electron chi connectivity index (χ2n) is 4.76. The van der Waals surface area contributed by atoms with Crippen LogP contribution in [0.5, 0.6) is 5.75 Å². The van der Waals surface area contributed by atoms with E-state index in [1.165, 1.54) is 18.4 Å². The largest absolute Gasteiger partial charge is 0.508 e. The highest BCUT2D eigenvalue weighted by Gasteiger charge is 2.20. The third-order valence-corrected chi connectivity index (χ3v) is 3.80. The van der Waals surface area contributed by atoms with Gasteiger partial charge in [-0.05, 0) is 24.1 Å². The van der Waals surface area contributed by atoms with Crippen molar-refractivity contribution >= 4 is 28.5 Å². The van der Waals surface area contributed by atoms with Crippen molar-refractivity contribution in [3.63, 3.8) is 0 Å². The lowest BCUT2D eigenvalue weighted by atomic mass is 9.99. The topological polar surface area (TPSA) is 101 Å². The summed E-state index contributed by atoms with van der Waals surface area (Å²) < 4.78 is 4.78. The maximum Gasteiger partial charge on any atom is 0.321 e. The Morgan fingerprint density at radius 2 is 2.09 bits per heavy atom. The number of ether oxygens (including phenoxy) is 1. The molecular formula is C15H17N3O4S. The van der Waals surface area contributed by atoms with E-state index < -0.39 is 17.9 Å². The highest BCUT2D eigenvalue weighted by molar-refractivity contribution is 7.13. The number of carbonyl (C=O) groups excluding carboxylic acids is 2. The fraction of sp³-hybridized carbons (Fsp3) is 0.267. The van der Waals surface area contributed by atoms with Crippen LogP contribution in [0.25, 0.3) is 0 Å². The molecule has 1 unspecified atom stereocenters. The second-order valence-corrected chi connectivity index (χ2v) is 5.66. The first-order valence-electron chi connectivity index (χ1n) is 6.88. The molecule has 122 valence electrons. The van der Waals surface area contributed by atoms with Gasteiger partial charge in [0.15, 0.2) is 5.13 Å². The first-order valence-corrected chi connectivity index (χ1v) is 7.76. The number of anilines is 1. The summed E-state index contributed by atoms with van der Waals surface area (Å²) in [5, 5.41) is 16.7. The summed E-state index contributed by atoms with van der Waals surface area (Å²) in [6.45, 7) is 0.130. The van der Waals surface area contributed by atoms with Crippen molar-refractivity contribution in [2.45, 2.75) is 6.42 Å². The molecule has 0 aliphatic heterocycles. The zero-order valence-electron chi connectivity index (χ0n) is 12.5. The molecule has 1 heterocycles. The molecule has 1 aromatic carbocycles. The number of benzene rings is 1. The van der Waals surface area contributed by atoms with Gasteiger partial charge in [0.25, 0.3) is 0 Å². The van der Waals surface area contributed by atoms with Crippen molar-refractivity contribution in [2.75, 3.05) is 19.0 Å².